The first-order chi connectivity index (χ1) is 3.39. The maximum absolute atomic E-state index is 2.08. The van der Waals surface area contributed by atoms with Crippen LogP contribution in [0.4, 0.5) is 0 Å². The number of hydrogen-bond acceptors (Lipinski definition) is 0. The van der Waals surface area contributed by atoms with Gasteiger partial charge < -0.3 is 14.9 Å². The standard InChI is InChI=1S/C7H8.2CH3.Y/c1-7-5-3-2-4-6-7;;;/h2-6H,1H3;2*1H3;/q;2*-1;. The molecule has 1 radical (unpaired) electrons. The van der Waals surface area contributed by atoms with Crippen LogP contribution in [0, 0.1) is 21.8 Å². The molecule has 1 rings (SSSR count). The van der Waals surface area contributed by atoms with Crippen molar-refractivity contribution in [1.82, 2.24) is 0 Å². The average molecular weight is 211 g/mol. The third-order valence-corrected chi connectivity index (χ3v) is 0.940. The first-order valence-electron chi connectivity index (χ1n) is 2.41. The Morgan fingerprint density at radius 2 is 1.30 bits per heavy atom. The summed E-state index contributed by atoms with van der Waals surface area (Å²) >= 11 is 0. The van der Waals surface area contributed by atoms with E-state index in [0.29, 0.717) is 0 Å². The largest absolute Gasteiger partial charge is 0.358 e. The summed E-state index contributed by atoms with van der Waals surface area (Å²) in [6, 6.07) is 10.3. The van der Waals surface area contributed by atoms with Gasteiger partial charge in [-0.25, -0.2) is 0 Å². The molecular formula is C9H14Y-2. The molecule has 55 valence electrons. The van der Waals surface area contributed by atoms with E-state index in [9.17, 15) is 0 Å². The van der Waals surface area contributed by atoms with Crippen LogP contribution in [0.25, 0.3) is 0 Å². The van der Waals surface area contributed by atoms with Gasteiger partial charge >= 0.3 is 0 Å². The van der Waals surface area contributed by atoms with E-state index < -0.39 is 0 Å². The molecule has 1 heteroatoms. The molecule has 0 amide bonds. The van der Waals surface area contributed by atoms with E-state index >= 15 is 0 Å². The van der Waals surface area contributed by atoms with Gasteiger partial charge in [0.15, 0.2) is 0 Å². The molecule has 0 saturated carbocycles. The topological polar surface area (TPSA) is 0 Å². The predicted molar refractivity (Wildman–Crippen MR) is 44.0 cm³/mol. The summed E-state index contributed by atoms with van der Waals surface area (Å²) in [5.74, 6) is 0. The Morgan fingerprint density at radius 3 is 1.50 bits per heavy atom. The van der Waals surface area contributed by atoms with Gasteiger partial charge in [-0.2, -0.15) is 0 Å². The molecule has 0 aliphatic rings. The Hall–Kier alpha value is 0.324. The van der Waals surface area contributed by atoms with Crippen LogP contribution >= 0.6 is 0 Å². The molecule has 0 N–H and O–H groups in total. The fourth-order valence-electron chi connectivity index (χ4n) is 0.534. The third kappa shape index (κ3) is 6.44. The van der Waals surface area contributed by atoms with Gasteiger partial charge in [0.05, 0.1) is 0 Å². The first kappa shape index (κ1) is 16.7. The Kier molecular flexibility index (Phi) is 15.6. The van der Waals surface area contributed by atoms with Crippen LogP contribution in [0.2, 0.25) is 0 Å². The average Bonchev–Trinajstić information content (AvgIpc) is 1.69. The van der Waals surface area contributed by atoms with Crippen LogP contribution in [-0.2, 0) is 32.7 Å². The van der Waals surface area contributed by atoms with Gasteiger partial charge in [-0.3, -0.25) is 0 Å². The minimum absolute atomic E-state index is 0. The molecule has 0 aliphatic heterocycles. The normalized spacial score (nSPS) is 6.10. The van der Waals surface area contributed by atoms with Crippen LogP contribution in [0.5, 0.6) is 0 Å². The van der Waals surface area contributed by atoms with E-state index in [0.717, 1.165) is 0 Å². The third-order valence-electron chi connectivity index (χ3n) is 0.940. The molecule has 0 nitrogen and oxygen atoms in total. The van der Waals surface area contributed by atoms with Crippen LogP contribution < -0.4 is 0 Å². The summed E-state index contributed by atoms with van der Waals surface area (Å²) in [6.45, 7) is 2.08. The second kappa shape index (κ2) is 9.32. The van der Waals surface area contributed by atoms with Crippen LogP contribution in [0.1, 0.15) is 5.56 Å². The summed E-state index contributed by atoms with van der Waals surface area (Å²) in [5.41, 5.74) is 1.32. The summed E-state index contributed by atoms with van der Waals surface area (Å²) in [6.07, 6.45) is 0. The van der Waals surface area contributed by atoms with Crippen molar-refractivity contribution >= 4 is 0 Å². The first-order valence-corrected chi connectivity index (χ1v) is 2.41. The van der Waals surface area contributed by atoms with Crippen molar-refractivity contribution in [3.05, 3.63) is 50.7 Å². The van der Waals surface area contributed by atoms with Crippen molar-refractivity contribution in [2.75, 3.05) is 0 Å². The van der Waals surface area contributed by atoms with Gasteiger partial charge in [0.1, 0.15) is 0 Å². The van der Waals surface area contributed by atoms with Gasteiger partial charge in [-0.1, -0.05) is 35.9 Å². The zero-order chi connectivity index (χ0) is 5.11. The molecular weight excluding hydrogens is 197 g/mol. The summed E-state index contributed by atoms with van der Waals surface area (Å²) in [5, 5.41) is 0. The van der Waals surface area contributed by atoms with Crippen LogP contribution in [0.3, 0.4) is 0 Å². The van der Waals surface area contributed by atoms with E-state index in [1.54, 1.807) is 0 Å². The molecule has 0 aliphatic carbocycles. The number of benzene rings is 1. The summed E-state index contributed by atoms with van der Waals surface area (Å²) in [4.78, 5) is 0. The summed E-state index contributed by atoms with van der Waals surface area (Å²) < 4.78 is 0. The molecule has 10 heavy (non-hydrogen) atoms. The smallest absolute Gasteiger partial charge is 0 e. The summed E-state index contributed by atoms with van der Waals surface area (Å²) in [7, 11) is 0. The maximum Gasteiger partial charge on any atom is 0 e. The Balaban J connectivity index is -0.000000163. The maximum atomic E-state index is 2.08. The zero-order valence-corrected chi connectivity index (χ0v) is 9.80. The van der Waals surface area contributed by atoms with Crippen molar-refractivity contribution in [2.45, 2.75) is 6.92 Å². The van der Waals surface area contributed by atoms with E-state index in [1.807, 2.05) is 18.2 Å². The number of rotatable bonds is 0. The van der Waals surface area contributed by atoms with Gasteiger partial charge in [0, 0.05) is 32.7 Å². The minimum atomic E-state index is 0. The second-order valence-electron chi connectivity index (χ2n) is 1.65. The number of aryl methyl sites for hydroxylation is 1. The van der Waals surface area contributed by atoms with Gasteiger partial charge in [-0.05, 0) is 6.92 Å². The molecule has 0 heterocycles. The fourth-order valence-corrected chi connectivity index (χ4v) is 0.534. The van der Waals surface area contributed by atoms with Crippen molar-refractivity contribution in [3.8, 4) is 0 Å². The second-order valence-corrected chi connectivity index (χ2v) is 1.65. The van der Waals surface area contributed by atoms with Gasteiger partial charge in [0.25, 0.3) is 0 Å². The van der Waals surface area contributed by atoms with E-state index in [1.165, 1.54) is 5.56 Å². The molecule has 0 aromatic heterocycles. The minimum Gasteiger partial charge on any atom is -0.358 e. The molecule has 1 aromatic carbocycles. The quantitative estimate of drug-likeness (QED) is 0.579. The Labute approximate surface area is 89.9 Å². The Bertz CT molecular complexity index is 135. The molecule has 0 spiro atoms. The molecule has 0 bridgehead atoms. The van der Waals surface area contributed by atoms with E-state index in [-0.39, 0.29) is 47.6 Å². The Morgan fingerprint density at radius 1 is 0.900 bits per heavy atom. The molecule has 0 saturated heterocycles. The van der Waals surface area contributed by atoms with Crippen molar-refractivity contribution < 1.29 is 32.7 Å². The van der Waals surface area contributed by atoms with Gasteiger partial charge in [-0.15, -0.1) is 0 Å². The monoisotopic (exact) mass is 211 g/mol. The fraction of sp³-hybridized carbons (Fsp3) is 0.111. The molecule has 0 unspecified atom stereocenters. The zero-order valence-electron chi connectivity index (χ0n) is 6.96. The van der Waals surface area contributed by atoms with Crippen molar-refractivity contribution in [2.24, 2.45) is 0 Å². The number of hydrogen-bond donors (Lipinski definition) is 0. The molecule has 0 fully saturated rings. The SMILES string of the molecule is Cc1ccccc1.[CH3-].[CH3-].[Y]. The van der Waals surface area contributed by atoms with Crippen LogP contribution in [-0.4, -0.2) is 0 Å². The van der Waals surface area contributed by atoms with Gasteiger partial charge in [0.2, 0.25) is 0 Å². The van der Waals surface area contributed by atoms with Crippen molar-refractivity contribution in [1.29, 1.82) is 0 Å². The van der Waals surface area contributed by atoms with E-state index in [4.69, 9.17) is 0 Å². The predicted octanol–water partition coefficient (Wildman–Crippen LogP) is 2.89. The van der Waals surface area contributed by atoms with Crippen LogP contribution in [0.15, 0.2) is 30.3 Å². The van der Waals surface area contributed by atoms with Crippen molar-refractivity contribution in [3.63, 3.8) is 0 Å². The van der Waals surface area contributed by atoms with E-state index in [2.05, 4.69) is 19.1 Å². The molecule has 1 aromatic rings. The molecule has 0 atom stereocenters.